The lowest BCUT2D eigenvalue weighted by Gasteiger charge is -2.19. The summed E-state index contributed by atoms with van der Waals surface area (Å²) in [6.45, 7) is 2.08. The van der Waals surface area contributed by atoms with Crippen LogP contribution in [0.5, 0.6) is 11.5 Å². The minimum absolute atomic E-state index is 0.447. The molecule has 8 heteroatoms. The zero-order chi connectivity index (χ0) is 33.9. The molecule has 0 amide bonds. The molecule has 0 atom stereocenters. The van der Waals surface area contributed by atoms with E-state index in [-0.39, 0.29) is 0 Å². The third kappa shape index (κ3) is 6.19. The summed E-state index contributed by atoms with van der Waals surface area (Å²) in [5.41, 5.74) is 6.39. The van der Waals surface area contributed by atoms with Crippen molar-refractivity contribution in [1.82, 2.24) is 19.8 Å². The minimum atomic E-state index is 0.447. The van der Waals surface area contributed by atoms with Crippen LogP contribution in [0.15, 0.2) is 146 Å². The Morgan fingerprint density at radius 2 is 0.880 bits per heavy atom. The second-order valence-electron chi connectivity index (χ2n) is 12.3. The van der Waals surface area contributed by atoms with E-state index in [1.807, 2.05) is 69.2 Å². The normalized spacial score (nSPS) is 11.3. The summed E-state index contributed by atoms with van der Waals surface area (Å²) >= 11 is 0. The lowest BCUT2D eigenvalue weighted by Crippen LogP contribution is -2.38. The number of nitrogens with zero attached hydrogens (tertiary/aromatic N) is 6. The largest absolute Gasteiger partial charge is 0.489 e. The van der Waals surface area contributed by atoms with E-state index >= 15 is 0 Å². The van der Waals surface area contributed by atoms with Crippen LogP contribution in [-0.4, -0.2) is 33.0 Å². The monoisotopic (exact) mass is 658 g/mol. The Morgan fingerprint density at radius 3 is 1.32 bits per heavy atom. The molecule has 0 aliphatic heterocycles. The van der Waals surface area contributed by atoms with Crippen LogP contribution in [0.4, 0.5) is 0 Å². The van der Waals surface area contributed by atoms with Crippen molar-refractivity contribution in [3.63, 3.8) is 0 Å². The lowest BCUT2D eigenvalue weighted by atomic mass is 9.92. The van der Waals surface area contributed by atoms with Gasteiger partial charge >= 0.3 is 0 Å². The first-order chi connectivity index (χ1) is 24.6. The lowest BCUT2D eigenvalue weighted by molar-refractivity contribution is -0.755. The number of rotatable bonds is 11. The topological polar surface area (TPSA) is 61.9 Å². The molecule has 246 valence electrons. The van der Waals surface area contributed by atoms with Gasteiger partial charge in [-0.3, -0.25) is 0 Å². The molecule has 0 unspecified atom stereocenters. The Kier molecular flexibility index (Phi) is 8.49. The van der Waals surface area contributed by atoms with Gasteiger partial charge in [0.05, 0.1) is 10.4 Å². The van der Waals surface area contributed by atoms with Crippen LogP contribution in [0, 0.1) is 0 Å². The number of fused-ring (bicyclic) bond motifs is 2. The highest BCUT2D eigenvalue weighted by molar-refractivity contribution is 6.09. The summed E-state index contributed by atoms with van der Waals surface area (Å²) < 4.78 is 21.0. The van der Waals surface area contributed by atoms with E-state index in [1.165, 1.54) is 0 Å². The molecule has 50 heavy (non-hydrogen) atoms. The molecule has 0 fully saturated rings. The van der Waals surface area contributed by atoms with Gasteiger partial charge in [-0.05, 0) is 33.7 Å². The van der Waals surface area contributed by atoms with Crippen molar-refractivity contribution in [2.75, 3.05) is 13.2 Å². The highest BCUT2D eigenvalue weighted by Crippen LogP contribution is 2.45. The molecule has 0 saturated carbocycles. The number of aryl methyl sites for hydroxylation is 2. The van der Waals surface area contributed by atoms with Crippen molar-refractivity contribution in [3.8, 4) is 45.1 Å². The standard InChI is InChI=1S/C42H38N6O2/c1-45-37(33-15-5-3-6-16-33)29-47(43-45)25-27-49-39-23-21-31-13-9-11-19-35(31)41(39)42-36-20-12-10-14-32(36)22-24-40(42)50-28-26-48-30-38(46(2)44-48)34-17-7-4-8-18-34/h3-24,29-30H,25-28H2,1-2H3/q+2. The predicted molar refractivity (Wildman–Crippen MR) is 196 cm³/mol. The number of hydrogen-bond acceptors (Lipinski definition) is 4. The molecular formula is C42H38N6O2+2. The quantitative estimate of drug-likeness (QED) is 0.138. The summed E-state index contributed by atoms with van der Waals surface area (Å²) in [4.78, 5) is 0. The molecule has 0 N–H and O–H groups in total. The van der Waals surface area contributed by atoms with E-state index < -0.39 is 0 Å². The second-order valence-corrected chi connectivity index (χ2v) is 12.3. The number of ether oxygens (including phenoxy) is 2. The zero-order valence-electron chi connectivity index (χ0n) is 28.2. The van der Waals surface area contributed by atoms with Crippen LogP contribution in [0.25, 0.3) is 55.2 Å². The molecule has 0 saturated heterocycles. The van der Waals surface area contributed by atoms with E-state index in [9.17, 15) is 0 Å². The van der Waals surface area contributed by atoms with Gasteiger partial charge < -0.3 is 9.47 Å². The highest BCUT2D eigenvalue weighted by atomic mass is 16.5. The third-order valence-electron chi connectivity index (χ3n) is 9.06. The Labute approximate surface area is 291 Å². The van der Waals surface area contributed by atoms with Gasteiger partial charge in [-0.15, -0.1) is 18.7 Å². The van der Waals surface area contributed by atoms with E-state index in [4.69, 9.17) is 19.9 Å². The fourth-order valence-corrected chi connectivity index (χ4v) is 6.66. The molecule has 0 bridgehead atoms. The van der Waals surface area contributed by atoms with E-state index in [2.05, 4.69) is 109 Å². The minimum Gasteiger partial charge on any atom is -0.489 e. The first-order valence-electron chi connectivity index (χ1n) is 16.9. The van der Waals surface area contributed by atoms with Gasteiger partial charge in [-0.25, -0.2) is 0 Å². The summed E-state index contributed by atoms with van der Waals surface area (Å²) in [6.07, 6.45) is 4.14. The van der Waals surface area contributed by atoms with Gasteiger partial charge in [-0.1, -0.05) is 121 Å². The molecule has 8 nitrogen and oxygen atoms in total. The van der Waals surface area contributed by atoms with Gasteiger partial charge in [0.1, 0.15) is 51.9 Å². The first kappa shape index (κ1) is 31.0. The number of aromatic nitrogens is 6. The SMILES string of the molecule is Cn1n[n+](CCOc2ccc3ccccc3c2-c2c(OCC[n+]3cc(-c4ccccc4)n(C)n3)ccc3ccccc23)cc1-c1ccccc1. The molecule has 0 spiro atoms. The molecular weight excluding hydrogens is 621 g/mol. The molecule has 8 rings (SSSR count). The Bertz CT molecular complexity index is 2250. The molecule has 0 radical (unpaired) electrons. The van der Waals surface area contributed by atoms with Crippen molar-refractivity contribution in [2.24, 2.45) is 14.1 Å². The van der Waals surface area contributed by atoms with Crippen molar-refractivity contribution < 1.29 is 18.8 Å². The number of hydrogen-bond donors (Lipinski definition) is 0. The summed E-state index contributed by atoms with van der Waals surface area (Å²) in [7, 11) is 3.94. The Balaban J connectivity index is 1.11. The van der Waals surface area contributed by atoms with Gasteiger partial charge in [0.15, 0.2) is 23.8 Å². The fourth-order valence-electron chi connectivity index (χ4n) is 6.66. The molecule has 0 aliphatic carbocycles. The molecule has 0 aliphatic rings. The van der Waals surface area contributed by atoms with Crippen molar-refractivity contribution in [2.45, 2.75) is 13.1 Å². The van der Waals surface area contributed by atoms with E-state index in [0.717, 1.165) is 66.7 Å². The van der Waals surface area contributed by atoms with Crippen LogP contribution in [-0.2, 0) is 27.2 Å². The molecule has 2 aromatic heterocycles. The second kappa shape index (κ2) is 13.7. The molecule has 6 aromatic carbocycles. The smallest absolute Gasteiger partial charge is 0.197 e. The zero-order valence-corrected chi connectivity index (χ0v) is 28.2. The van der Waals surface area contributed by atoms with Gasteiger partial charge in [0.25, 0.3) is 0 Å². The van der Waals surface area contributed by atoms with E-state index in [1.54, 1.807) is 0 Å². The average Bonchev–Trinajstić information content (AvgIpc) is 3.73. The Morgan fingerprint density at radius 1 is 0.480 bits per heavy atom. The fraction of sp³-hybridized carbons (Fsp3) is 0.143. The van der Waals surface area contributed by atoms with Crippen molar-refractivity contribution in [1.29, 1.82) is 0 Å². The molecule has 8 aromatic rings. The van der Waals surface area contributed by atoms with E-state index in [0.29, 0.717) is 26.3 Å². The number of benzene rings is 6. The average molecular weight is 659 g/mol. The third-order valence-corrected chi connectivity index (χ3v) is 9.06. The summed E-state index contributed by atoms with van der Waals surface area (Å²) in [6, 6.07) is 46.0. The highest BCUT2D eigenvalue weighted by Gasteiger charge is 2.21. The summed E-state index contributed by atoms with van der Waals surface area (Å²) in [5.74, 6) is 1.60. The maximum atomic E-state index is 6.65. The van der Waals surface area contributed by atoms with Crippen molar-refractivity contribution in [3.05, 3.63) is 146 Å². The van der Waals surface area contributed by atoms with Crippen LogP contribution >= 0.6 is 0 Å². The Hall–Kier alpha value is -6.28. The maximum absolute atomic E-state index is 6.65. The predicted octanol–water partition coefficient (Wildman–Crippen LogP) is 7.19. The van der Waals surface area contributed by atoms with Crippen molar-refractivity contribution >= 4 is 21.5 Å². The van der Waals surface area contributed by atoms with Gasteiger partial charge in [-0.2, -0.15) is 0 Å². The van der Waals surface area contributed by atoms with Gasteiger partial charge in [0, 0.05) is 22.3 Å². The first-order valence-corrected chi connectivity index (χ1v) is 16.9. The van der Waals surface area contributed by atoms with Crippen LogP contribution in [0.2, 0.25) is 0 Å². The van der Waals surface area contributed by atoms with Crippen LogP contribution in [0.1, 0.15) is 0 Å². The van der Waals surface area contributed by atoms with Crippen LogP contribution in [0.3, 0.4) is 0 Å². The van der Waals surface area contributed by atoms with Crippen LogP contribution < -0.4 is 18.8 Å². The maximum Gasteiger partial charge on any atom is 0.197 e. The van der Waals surface area contributed by atoms with Gasteiger partial charge in [0.2, 0.25) is 0 Å². The summed E-state index contributed by atoms with van der Waals surface area (Å²) in [5, 5.41) is 13.9. The molecule has 2 heterocycles.